The molecule has 1 atom stereocenters. The number of hydrogen-bond acceptors (Lipinski definition) is 3. The average molecular weight is 305 g/mol. The van der Waals surface area contributed by atoms with Gasteiger partial charge in [-0.15, -0.1) is 0 Å². The molecule has 17 heavy (non-hydrogen) atoms. The van der Waals surface area contributed by atoms with E-state index in [4.69, 9.17) is 4.74 Å². The summed E-state index contributed by atoms with van der Waals surface area (Å²) < 4.78 is 6.11. The number of ether oxygens (including phenoxy) is 1. The molecule has 0 radical (unpaired) electrons. The lowest BCUT2D eigenvalue weighted by Gasteiger charge is -2.32. The van der Waals surface area contributed by atoms with Crippen LogP contribution in [-0.2, 0) is 9.53 Å². The Morgan fingerprint density at radius 3 is 2.53 bits per heavy atom. The number of morpholine rings is 1. The zero-order valence-electron chi connectivity index (χ0n) is 10.5. The van der Waals surface area contributed by atoms with Crippen LogP contribution >= 0.6 is 15.9 Å². The maximum Gasteiger partial charge on any atom is 0.240 e. The molecule has 1 rings (SSSR count). The van der Waals surface area contributed by atoms with E-state index in [0.717, 1.165) is 4.48 Å². The molecule has 4 nitrogen and oxygen atoms in total. The molecule has 0 aliphatic carbocycles. The normalized spacial score (nSPS) is 18.2. The molecule has 0 aromatic carbocycles. The van der Waals surface area contributed by atoms with Crippen LogP contribution in [0.15, 0.2) is 11.1 Å². The third kappa shape index (κ3) is 4.77. The van der Waals surface area contributed by atoms with Gasteiger partial charge >= 0.3 is 0 Å². The van der Waals surface area contributed by atoms with Crippen LogP contribution in [0.25, 0.3) is 0 Å². The third-order valence-electron chi connectivity index (χ3n) is 2.77. The van der Waals surface area contributed by atoms with Crippen LogP contribution in [0.1, 0.15) is 13.8 Å². The van der Waals surface area contributed by atoms with Crippen LogP contribution in [0.2, 0.25) is 0 Å². The molecule has 1 saturated heterocycles. The highest BCUT2D eigenvalue weighted by Gasteiger charge is 2.27. The van der Waals surface area contributed by atoms with Crippen molar-refractivity contribution in [2.75, 3.05) is 32.8 Å². The Hall–Kier alpha value is -0.390. The fourth-order valence-corrected chi connectivity index (χ4v) is 1.97. The van der Waals surface area contributed by atoms with Crippen LogP contribution in [0.4, 0.5) is 0 Å². The summed E-state index contributed by atoms with van der Waals surface area (Å²) in [7, 11) is 0. The Balaban J connectivity index is 2.55. The lowest BCUT2D eigenvalue weighted by atomic mass is 10.0. The van der Waals surface area contributed by atoms with Crippen molar-refractivity contribution in [3.8, 4) is 0 Å². The maximum absolute atomic E-state index is 12.3. The summed E-state index contributed by atoms with van der Waals surface area (Å²) >= 11 is 3.30. The number of amides is 1. The highest BCUT2D eigenvalue weighted by Crippen LogP contribution is 2.09. The van der Waals surface area contributed by atoms with E-state index in [-0.39, 0.29) is 17.9 Å². The van der Waals surface area contributed by atoms with E-state index in [0.29, 0.717) is 32.8 Å². The van der Waals surface area contributed by atoms with Gasteiger partial charge in [0.25, 0.3) is 0 Å². The molecule has 0 aromatic rings. The summed E-state index contributed by atoms with van der Waals surface area (Å²) in [5.74, 6) is 0.425. The smallest absolute Gasteiger partial charge is 0.240 e. The molecule has 98 valence electrons. The van der Waals surface area contributed by atoms with Gasteiger partial charge < -0.3 is 15.0 Å². The second-order valence-electron chi connectivity index (χ2n) is 4.56. The fourth-order valence-electron chi connectivity index (χ4n) is 1.81. The second kappa shape index (κ2) is 7.13. The first-order chi connectivity index (χ1) is 8.02. The van der Waals surface area contributed by atoms with Gasteiger partial charge in [0.15, 0.2) is 0 Å². The van der Waals surface area contributed by atoms with Gasteiger partial charge in [-0.1, -0.05) is 36.4 Å². The van der Waals surface area contributed by atoms with E-state index in [1.165, 1.54) is 0 Å². The van der Waals surface area contributed by atoms with Gasteiger partial charge in [-0.05, 0) is 5.92 Å². The number of carbonyl (C=O) groups is 1. The van der Waals surface area contributed by atoms with Gasteiger partial charge in [-0.3, -0.25) is 4.79 Å². The van der Waals surface area contributed by atoms with Crippen LogP contribution in [0, 0.1) is 5.92 Å². The Morgan fingerprint density at radius 1 is 1.47 bits per heavy atom. The molecule has 1 fully saturated rings. The molecule has 1 amide bonds. The second-order valence-corrected chi connectivity index (χ2v) is 5.68. The summed E-state index contributed by atoms with van der Waals surface area (Å²) in [5, 5.41) is 3.24. The van der Waals surface area contributed by atoms with Crippen LogP contribution in [0.3, 0.4) is 0 Å². The van der Waals surface area contributed by atoms with E-state index in [1.54, 1.807) is 0 Å². The molecule has 0 aromatic heterocycles. The summed E-state index contributed by atoms with van der Waals surface area (Å²) in [4.78, 5) is 14.2. The minimum Gasteiger partial charge on any atom is -0.378 e. The Morgan fingerprint density at radius 2 is 2.06 bits per heavy atom. The van der Waals surface area contributed by atoms with Crippen molar-refractivity contribution < 1.29 is 9.53 Å². The lowest BCUT2D eigenvalue weighted by Crippen LogP contribution is -2.52. The number of carbonyl (C=O) groups excluding carboxylic acids is 1. The van der Waals surface area contributed by atoms with Crippen LogP contribution in [-0.4, -0.2) is 49.7 Å². The fraction of sp³-hybridized carbons (Fsp3) is 0.750. The summed E-state index contributed by atoms with van der Waals surface area (Å²) in [6.07, 6.45) is 0. The van der Waals surface area contributed by atoms with Crippen LogP contribution < -0.4 is 5.32 Å². The van der Waals surface area contributed by atoms with Crippen molar-refractivity contribution >= 4 is 21.8 Å². The molecule has 0 spiro atoms. The first-order valence-corrected chi connectivity index (χ1v) is 6.75. The Labute approximate surface area is 112 Å². The Bertz CT molecular complexity index is 276. The molecular weight excluding hydrogens is 284 g/mol. The molecule has 1 aliphatic rings. The zero-order valence-corrected chi connectivity index (χ0v) is 12.1. The predicted molar refractivity (Wildman–Crippen MR) is 72.1 cm³/mol. The van der Waals surface area contributed by atoms with E-state index in [2.05, 4.69) is 27.8 Å². The molecular formula is C12H21BrN2O2. The van der Waals surface area contributed by atoms with Crippen molar-refractivity contribution in [1.29, 1.82) is 0 Å². The van der Waals surface area contributed by atoms with Gasteiger partial charge in [0.1, 0.15) is 0 Å². The molecule has 1 heterocycles. The van der Waals surface area contributed by atoms with Gasteiger partial charge in [0.05, 0.1) is 19.3 Å². The maximum atomic E-state index is 12.3. The zero-order chi connectivity index (χ0) is 12.8. The highest BCUT2D eigenvalue weighted by molar-refractivity contribution is 9.11. The lowest BCUT2D eigenvalue weighted by molar-refractivity contribution is -0.138. The van der Waals surface area contributed by atoms with Gasteiger partial charge in [-0.2, -0.15) is 0 Å². The SMILES string of the molecule is C=C(Br)CNC(C(=O)N1CCOCC1)C(C)C. The summed E-state index contributed by atoms with van der Waals surface area (Å²) in [6.45, 7) is 11.1. The number of nitrogens with zero attached hydrogens (tertiary/aromatic N) is 1. The third-order valence-corrected chi connectivity index (χ3v) is 3.05. The Kier molecular flexibility index (Phi) is 6.16. The number of halogens is 1. The van der Waals surface area contributed by atoms with Gasteiger partial charge in [0, 0.05) is 24.1 Å². The topological polar surface area (TPSA) is 41.6 Å². The first kappa shape index (κ1) is 14.7. The first-order valence-electron chi connectivity index (χ1n) is 5.95. The van der Waals surface area contributed by atoms with Crippen LogP contribution in [0.5, 0.6) is 0 Å². The largest absolute Gasteiger partial charge is 0.378 e. The molecule has 0 saturated carbocycles. The number of nitrogens with one attached hydrogen (secondary N) is 1. The van der Waals surface area contributed by atoms with Crippen molar-refractivity contribution in [3.63, 3.8) is 0 Å². The van der Waals surface area contributed by atoms with E-state index in [1.807, 2.05) is 18.7 Å². The van der Waals surface area contributed by atoms with Gasteiger partial charge in [-0.25, -0.2) is 0 Å². The predicted octanol–water partition coefficient (Wildman–Crippen LogP) is 1.37. The average Bonchev–Trinajstić information content (AvgIpc) is 2.29. The minimum absolute atomic E-state index is 0.151. The van der Waals surface area contributed by atoms with E-state index >= 15 is 0 Å². The minimum atomic E-state index is -0.151. The monoisotopic (exact) mass is 304 g/mol. The standard InChI is InChI=1S/C12H21BrN2O2/c1-9(2)11(14-8-10(3)13)12(16)15-4-6-17-7-5-15/h9,11,14H,3-8H2,1-2H3. The summed E-state index contributed by atoms with van der Waals surface area (Å²) in [6, 6.07) is -0.151. The number of rotatable bonds is 5. The van der Waals surface area contributed by atoms with E-state index in [9.17, 15) is 4.79 Å². The molecule has 1 aliphatic heterocycles. The van der Waals surface area contributed by atoms with Crippen molar-refractivity contribution in [1.82, 2.24) is 10.2 Å². The summed E-state index contributed by atoms with van der Waals surface area (Å²) in [5.41, 5.74) is 0. The number of hydrogen-bond donors (Lipinski definition) is 1. The van der Waals surface area contributed by atoms with E-state index < -0.39 is 0 Å². The van der Waals surface area contributed by atoms with Crippen molar-refractivity contribution in [3.05, 3.63) is 11.1 Å². The molecule has 1 N–H and O–H groups in total. The molecule has 5 heteroatoms. The molecule has 1 unspecified atom stereocenters. The quantitative estimate of drug-likeness (QED) is 0.834. The highest BCUT2D eigenvalue weighted by atomic mass is 79.9. The van der Waals surface area contributed by atoms with Crippen molar-refractivity contribution in [2.24, 2.45) is 5.92 Å². The van der Waals surface area contributed by atoms with Gasteiger partial charge in [0.2, 0.25) is 5.91 Å². The molecule has 0 bridgehead atoms. The van der Waals surface area contributed by atoms with Crippen molar-refractivity contribution in [2.45, 2.75) is 19.9 Å².